The minimum absolute atomic E-state index is 0.0663. The maximum Gasteiger partial charge on any atom is 0.331 e. The lowest BCUT2D eigenvalue weighted by atomic mass is 10.5. The lowest BCUT2D eigenvalue weighted by Crippen LogP contribution is -2.42. The molecule has 0 spiro atoms. The molecule has 0 unspecified atom stereocenters. The van der Waals surface area contributed by atoms with Crippen LogP contribution in [0.3, 0.4) is 0 Å². The highest BCUT2D eigenvalue weighted by Gasteiger charge is 2.18. The second-order valence-corrected chi connectivity index (χ2v) is 7.20. The second kappa shape index (κ2) is 5.60. The number of nitrogen functional groups attached to an aromatic ring is 1. The Balaban J connectivity index is 3.20. The van der Waals surface area contributed by atoms with Crippen molar-refractivity contribution in [2.24, 2.45) is 0 Å². The van der Waals surface area contributed by atoms with Crippen LogP contribution in [0.2, 0.25) is 0 Å². The molecule has 1 aromatic heterocycles. The predicted molar refractivity (Wildman–Crippen MR) is 74.0 cm³/mol. The molecule has 0 radical (unpaired) electrons. The molecule has 8 heteroatoms. The molecule has 0 fully saturated rings. The third-order valence-corrected chi connectivity index (χ3v) is 5.11. The van der Waals surface area contributed by atoms with E-state index in [9.17, 15) is 18.0 Å². The molecule has 0 amide bonds. The fraction of sp³-hybridized carbons (Fsp3) is 0.636. The van der Waals surface area contributed by atoms with Crippen molar-refractivity contribution in [2.45, 2.75) is 39.1 Å². The zero-order valence-corrected chi connectivity index (χ0v) is 12.1. The summed E-state index contributed by atoms with van der Waals surface area (Å²) in [6.45, 7) is 5.04. The molecule has 19 heavy (non-hydrogen) atoms. The molecule has 0 bridgehead atoms. The van der Waals surface area contributed by atoms with Crippen molar-refractivity contribution in [1.82, 2.24) is 9.13 Å². The largest absolute Gasteiger partial charge is 0.393 e. The van der Waals surface area contributed by atoms with Crippen molar-refractivity contribution in [3.63, 3.8) is 0 Å². The molecule has 0 aromatic carbocycles. The Kier molecular flexibility index (Phi) is 4.56. The van der Waals surface area contributed by atoms with E-state index in [0.717, 1.165) is 4.57 Å². The molecule has 1 heterocycles. The first-order valence-corrected chi connectivity index (χ1v) is 7.73. The van der Waals surface area contributed by atoms with Crippen molar-refractivity contribution >= 4 is 15.5 Å². The van der Waals surface area contributed by atoms with E-state index in [-0.39, 0.29) is 18.0 Å². The number of hydrogen-bond acceptors (Lipinski definition) is 5. The summed E-state index contributed by atoms with van der Waals surface area (Å²) in [5.41, 5.74) is 4.27. The number of nitrogens with two attached hydrogens (primary N) is 1. The van der Waals surface area contributed by atoms with Crippen LogP contribution in [0.1, 0.15) is 20.8 Å². The minimum Gasteiger partial charge on any atom is -0.393 e. The average Bonchev–Trinajstić information content (AvgIpc) is 2.33. The first-order chi connectivity index (χ1) is 8.70. The highest BCUT2D eigenvalue weighted by molar-refractivity contribution is 7.91. The van der Waals surface area contributed by atoms with Gasteiger partial charge in [0.15, 0.2) is 9.84 Å². The Morgan fingerprint density at radius 1 is 1.32 bits per heavy atom. The number of nitrogens with zero attached hydrogens (tertiary/aromatic N) is 2. The lowest BCUT2D eigenvalue weighted by Gasteiger charge is -2.11. The van der Waals surface area contributed by atoms with Gasteiger partial charge in [0.05, 0.1) is 11.0 Å². The van der Waals surface area contributed by atoms with Crippen LogP contribution in [0.5, 0.6) is 0 Å². The van der Waals surface area contributed by atoms with Crippen LogP contribution >= 0.6 is 0 Å². The maximum absolute atomic E-state index is 11.9. The molecular formula is C11H19N3O4S. The molecule has 108 valence electrons. The van der Waals surface area contributed by atoms with Gasteiger partial charge in [-0.15, -0.1) is 0 Å². The van der Waals surface area contributed by atoms with Crippen LogP contribution in [0.4, 0.5) is 5.69 Å². The summed E-state index contributed by atoms with van der Waals surface area (Å²) in [6.07, 6.45) is 1.28. The van der Waals surface area contributed by atoms with Crippen molar-refractivity contribution in [2.75, 3.05) is 11.5 Å². The average molecular weight is 289 g/mol. The molecule has 7 nitrogen and oxygen atoms in total. The van der Waals surface area contributed by atoms with E-state index in [1.807, 2.05) is 0 Å². The third-order valence-electron chi connectivity index (χ3n) is 2.92. The van der Waals surface area contributed by atoms with E-state index < -0.39 is 26.3 Å². The van der Waals surface area contributed by atoms with E-state index in [4.69, 9.17) is 5.73 Å². The van der Waals surface area contributed by atoms with Gasteiger partial charge in [-0.2, -0.15) is 0 Å². The molecule has 0 saturated heterocycles. The number of aryl methyl sites for hydroxylation is 1. The van der Waals surface area contributed by atoms with E-state index in [0.29, 0.717) is 6.54 Å². The van der Waals surface area contributed by atoms with Gasteiger partial charge in [-0.25, -0.2) is 13.2 Å². The van der Waals surface area contributed by atoms with E-state index in [1.54, 1.807) is 20.8 Å². The van der Waals surface area contributed by atoms with Crippen LogP contribution < -0.4 is 17.0 Å². The first kappa shape index (κ1) is 15.5. The van der Waals surface area contributed by atoms with Crippen LogP contribution in [0.15, 0.2) is 15.8 Å². The third kappa shape index (κ3) is 3.25. The molecule has 0 aliphatic carbocycles. The van der Waals surface area contributed by atoms with Gasteiger partial charge in [0, 0.05) is 19.3 Å². The van der Waals surface area contributed by atoms with E-state index >= 15 is 0 Å². The summed E-state index contributed by atoms with van der Waals surface area (Å²) in [5, 5.41) is -0.544. The standard InChI is InChI=1S/C11H19N3O4S/c1-4-13-7-9(12)10(15)14(11(13)16)5-6-19(17,18)8(2)3/h7-8H,4-6,12H2,1-3H3. The van der Waals surface area contributed by atoms with Gasteiger partial charge < -0.3 is 5.73 Å². The fourth-order valence-corrected chi connectivity index (χ4v) is 2.46. The molecule has 0 saturated carbocycles. The molecular weight excluding hydrogens is 270 g/mol. The van der Waals surface area contributed by atoms with Crippen LogP contribution in [-0.4, -0.2) is 28.6 Å². The Hall–Kier alpha value is -1.57. The van der Waals surface area contributed by atoms with Crippen molar-refractivity contribution < 1.29 is 8.42 Å². The SMILES string of the molecule is CCn1cc(N)c(=O)n(CCS(=O)(=O)C(C)C)c1=O. The normalized spacial score (nSPS) is 12.0. The quantitative estimate of drug-likeness (QED) is 0.782. The molecule has 1 rings (SSSR count). The van der Waals surface area contributed by atoms with Gasteiger partial charge in [-0.3, -0.25) is 13.9 Å². The fourth-order valence-electron chi connectivity index (χ4n) is 1.55. The number of sulfone groups is 1. The Labute approximate surface area is 111 Å². The summed E-state index contributed by atoms with van der Waals surface area (Å²) < 4.78 is 25.6. The minimum atomic E-state index is -3.31. The molecule has 1 aromatic rings. The van der Waals surface area contributed by atoms with Gasteiger partial charge in [0.2, 0.25) is 0 Å². The van der Waals surface area contributed by atoms with Crippen LogP contribution in [0.25, 0.3) is 0 Å². The van der Waals surface area contributed by atoms with E-state index in [2.05, 4.69) is 0 Å². The molecule has 0 aliphatic heterocycles. The first-order valence-electron chi connectivity index (χ1n) is 6.02. The molecule has 0 aliphatic rings. The second-order valence-electron chi connectivity index (χ2n) is 4.53. The highest BCUT2D eigenvalue weighted by atomic mass is 32.2. The Bertz CT molecular complexity index is 670. The van der Waals surface area contributed by atoms with Crippen molar-refractivity contribution in [3.05, 3.63) is 27.0 Å². The summed E-state index contributed by atoms with van der Waals surface area (Å²) >= 11 is 0. The van der Waals surface area contributed by atoms with Crippen LogP contribution in [-0.2, 0) is 22.9 Å². The molecule has 2 N–H and O–H groups in total. The van der Waals surface area contributed by atoms with Gasteiger partial charge in [-0.05, 0) is 20.8 Å². The Morgan fingerprint density at radius 3 is 2.37 bits per heavy atom. The number of hydrogen-bond donors (Lipinski definition) is 1. The lowest BCUT2D eigenvalue weighted by molar-refractivity contribution is 0.562. The Morgan fingerprint density at radius 2 is 1.89 bits per heavy atom. The van der Waals surface area contributed by atoms with Gasteiger partial charge >= 0.3 is 5.69 Å². The van der Waals surface area contributed by atoms with Gasteiger partial charge in [0.1, 0.15) is 5.69 Å². The smallest absolute Gasteiger partial charge is 0.331 e. The zero-order chi connectivity index (χ0) is 14.8. The number of anilines is 1. The van der Waals surface area contributed by atoms with Crippen molar-refractivity contribution in [3.8, 4) is 0 Å². The van der Waals surface area contributed by atoms with E-state index in [1.165, 1.54) is 10.8 Å². The monoisotopic (exact) mass is 289 g/mol. The summed E-state index contributed by atoms with van der Waals surface area (Å²) in [4.78, 5) is 23.7. The van der Waals surface area contributed by atoms with Gasteiger partial charge in [-0.1, -0.05) is 0 Å². The summed E-state index contributed by atoms with van der Waals surface area (Å²) in [7, 11) is -3.31. The number of aromatic nitrogens is 2. The zero-order valence-electron chi connectivity index (χ0n) is 11.3. The van der Waals surface area contributed by atoms with Crippen molar-refractivity contribution in [1.29, 1.82) is 0 Å². The van der Waals surface area contributed by atoms with Gasteiger partial charge in [0.25, 0.3) is 5.56 Å². The highest BCUT2D eigenvalue weighted by Crippen LogP contribution is 2.01. The van der Waals surface area contributed by atoms with Crippen LogP contribution in [0, 0.1) is 0 Å². The summed E-state index contributed by atoms with van der Waals surface area (Å²) in [6, 6.07) is 0. The predicted octanol–water partition coefficient (Wildman–Crippen LogP) is -0.565. The maximum atomic E-state index is 11.9. The number of rotatable bonds is 5. The topological polar surface area (TPSA) is 104 Å². The molecule has 0 atom stereocenters. The summed E-state index contributed by atoms with van der Waals surface area (Å²) in [5.74, 6) is -0.257.